The molecule has 1 heterocycles. The molecule has 0 bridgehead atoms. The number of esters is 1. The number of hydrogen-bond acceptors (Lipinski definition) is 7. The fraction of sp³-hybridized carbons (Fsp3) is 0.545. The van der Waals surface area contributed by atoms with Crippen molar-refractivity contribution in [3.05, 3.63) is 10.6 Å². The highest BCUT2D eigenvalue weighted by atomic mass is 32.1. The first kappa shape index (κ1) is 16.0. The minimum Gasteiger partial charge on any atom is -0.480 e. The molecule has 0 aliphatic heterocycles. The SMILES string of the molecule is CCc1nnsc1C(=O)N[C@H](CCC(=O)OC)C(=O)O. The van der Waals surface area contributed by atoms with E-state index in [9.17, 15) is 14.4 Å². The van der Waals surface area contributed by atoms with Crippen molar-refractivity contribution < 1.29 is 24.2 Å². The third kappa shape index (κ3) is 4.26. The van der Waals surface area contributed by atoms with Crippen molar-refractivity contribution in [2.45, 2.75) is 32.2 Å². The van der Waals surface area contributed by atoms with E-state index in [2.05, 4.69) is 19.6 Å². The van der Waals surface area contributed by atoms with Gasteiger partial charge in [0.2, 0.25) is 0 Å². The quantitative estimate of drug-likeness (QED) is 0.692. The number of carbonyl (C=O) groups is 3. The van der Waals surface area contributed by atoms with E-state index in [4.69, 9.17) is 5.11 Å². The van der Waals surface area contributed by atoms with Crippen molar-refractivity contribution in [1.29, 1.82) is 0 Å². The Morgan fingerprint density at radius 1 is 1.45 bits per heavy atom. The Labute approximate surface area is 119 Å². The van der Waals surface area contributed by atoms with Crippen molar-refractivity contribution in [2.24, 2.45) is 0 Å². The zero-order valence-corrected chi connectivity index (χ0v) is 11.9. The molecule has 0 saturated heterocycles. The fourth-order valence-electron chi connectivity index (χ4n) is 1.46. The summed E-state index contributed by atoms with van der Waals surface area (Å²) in [4.78, 5) is 34.3. The highest BCUT2D eigenvalue weighted by Crippen LogP contribution is 2.12. The molecule has 0 fully saturated rings. The number of methoxy groups -OCH3 is 1. The van der Waals surface area contributed by atoms with E-state index in [1.807, 2.05) is 6.92 Å². The summed E-state index contributed by atoms with van der Waals surface area (Å²) in [6.45, 7) is 1.82. The maximum Gasteiger partial charge on any atom is 0.326 e. The summed E-state index contributed by atoms with van der Waals surface area (Å²) in [5.74, 6) is -2.29. The van der Waals surface area contributed by atoms with Crippen LogP contribution in [-0.2, 0) is 20.7 Å². The van der Waals surface area contributed by atoms with Crippen molar-refractivity contribution in [3.63, 3.8) is 0 Å². The number of aliphatic carboxylic acids is 1. The lowest BCUT2D eigenvalue weighted by molar-refractivity contribution is -0.142. The van der Waals surface area contributed by atoms with Crippen LogP contribution in [0.15, 0.2) is 0 Å². The lowest BCUT2D eigenvalue weighted by Gasteiger charge is -2.13. The van der Waals surface area contributed by atoms with Gasteiger partial charge in [0.05, 0.1) is 12.8 Å². The Hall–Kier alpha value is -2.03. The number of carboxylic acid groups (broad SMARTS) is 1. The number of aryl methyl sites for hydroxylation is 1. The van der Waals surface area contributed by atoms with Gasteiger partial charge < -0.3 is 15.2 Å². The summed E-state index contributed by atoms with van der Waals surface area (Å²) in [6, 6.07) is -1.16. The average Bonchev–Trinajstić information content (AvgIpc) is 2.90. The molecular weight excluding hydrogens is 286 g/mol. The molecule has 1 rings (SSSR count). The van der Waals surface area contributed by atoms with Gasteiger partial charge >= 0.3 is 11.9 Å². The molecule has 2 N–H and O–H groups in total. The Bertz CT molecular complexity index is 502. The number of amides is 1. The molecule has 0 aromatic carbocycles. The molecule has 0 unspecified atom stereocenters. The molecule has 9 heteroatoms. The van der Waals surface area contributed by atoms with Crippen molar-refractivity contribution >= 4 is 29.4 Å². The second-order valence-electron chi connectivity index (χ2n) is 3.88. The highest BCUT2D eigenvalue weighted by Gasteiger charge is 2.24. The molecule has 110 valence electrons. The molecule has 1 aromatic rings. The lowest BCUT2D eigenvalue weighted by Crippen LogP contribution is -2.41. The van der Waals surface area contributed by atoms with Crippen LogP contribution in [0, 0.1) is 0 Å². The number of rotatable bonds is 7. The Morgan fingerprint density at radius 3 is 2.70 bits per heavy atom. The van der Waals surface area contributed by atoms with Crippen LogP contribution in [0.3, 0.4) is 0 Å². The normalized spacial score (nSPS) is 11.7. The second kappa shape index (κ2) is 7.53. The summed E-state index contributed by atoms with van der Waals surface area (Å²) in [6.07, 6.45) is 0.399. The van der Waals surface area contributed by atoms with E-state index in [1.165, 1.54) is 7.11 Å². The van der Waals surface area contributed by atoms with Gasteiger partial charge in [0.1, 0.15) is 10.9 Å². The molecule has 0 aliphatic carbocycles. The van der Waals surface area contributed by atoms with E-state index >= 15 is 0 Å². The topological polar surface area (TPSA) is 118 Å². The number of nitrogens with zero attached hydrogens (tertiary/aromatic N) is 2. The summed E-state index contributed by atoms with van der Waals surface area (Å²) < 4.78 is 8.09. The van der Waals surface area contributed by atoms with E-state index in [0.717, 1.165) is 11.5 Å². The maximum atomic E-state index is 12.0. The molecular formula is C11H15N3O5S. The third-order valence-corrected chi connectivity index (χ3v) is 3.33. The van der Waals surface area contributed by atoms with Crippen LogP contribution in [0.25, 0.3) is 0 Å². The molecule has 20 heavy (non-hydrogen) atoms. The van der Waals surface area contributed by atoms with Gasteiger partial charge in [-0.2, -0.15) is 0 Å². The first-order valence-corrected chi connectivity index (χ1v) is 6.68. The Balaban J connectivity index is 2.68. The van der Waals surface area contributed by atoms with E-state index in [0.29, 0.717) is 12.1 Å². The summed E-state index contributed by atoms with van der Waals surface area (Å²) in [7, 11) is 1.22. The lowest BCUT2D eigenvalue weighted by atomic mass is 10.1. The smallest absolute Gasteiger partial charge is 0.326 e. The van der Waals surface area contributed by atoms with Gasteiger partial charge in [-0.1, -0.05) is 11.4 Å². The molecule has 0 radical (unpaired) electrons. The van der Waals surface area contributed by atoms with Crippen molar-refractivity contribution in [3.8, 4) is 0 Å². The van der Waals surface area contributed by atoms with E-state index < -0.39 is 23.9 Å². The van der Waals surface area contributed by atoms with Crippen LogP contribution in [0.1, 0.15) is 35.1 Å². The number of nitrogens with one attached hydrogen (secondary N) is 1. The van der Waals surface area contributed by atoms with Crippen LogP contribution in [0.5, 0.6) is 0 Å². The van der Waals surface area contributed by atoms with Gasteiger partial charge in [-0.05, 0) is 24.4 Å². The van der Waals surface area contributed by atoms with Crippen molar-refractivity contribution in [2.75, 3.05) is 7.11 Å². The number of ether oxygens (including phenoxy) is 1. The van der Waals surface area contributed by atoms with Crippen LogP contribution in [-0.4, -0.2) is 45.7 Å². The van der Waals surface area contributed by atoms with Crippen LogP contribution >= 0.6 is 11.5 Å². The average molecular weight is 301 g/mol. The van der Waals surface area contributed by atoms with Gasteiger partial charge in [0, 0.05) is 6.42 Å². The minimum absolute atomic E-state index is 0.0402. The third-order valence-electron chi connectivity index (χ3n) is 2.57. The summed E-state index contributed by atoms with van der Waals surface area (Å²) >= 11 is 0.907. The number of hydrogen-bond donors (Lipinski definition) is 2. The predicted octanol–water partition coefficient (Wildman–Crippen LogP) is 0.237. The van der Waals surface area contributed by atoms with Gasteiger partial charge in [-0.25, -0.2) is 4.79 Å². The number of carbonyl (C=O) groups excluding carboxylic acids is 2. The van der Waals surface area contributed by atoms with E-state index in [-0.39, 0.29) is 17.7 Å². The molecule has 0 aliphatic rings. The van der Waals surface area contributed by atoms with Gasteiger partial charge in [-0.3, -0.25) is 9.59 Å². The number of carboxylic acids is 1. The monoisotopic (exact) mass is 301 g/mol. The van der Waals surface area contributed by atoms with Gasteiger partial charge in [-0.15, -0.1) is 5.10 Å². The highest BCUT2D eigenvalue weighted by molar-refractivity contribution is 7.08. The molecule has 8 nitrogen and oxygen atoms in total. The fourth-order valence-corrected chi connectivity index (χ4v) is 2.11. The maximum absolute atomic E-state index is 12.0. The second-order valence-corrected chi connectivity index (χ2v) is 4.64. The largest absolute Gasteiger partial charge is 0.480 e. The van der Waals surface area contributed by atoms with Crippen LogP contribution in [0.2, 0.25) is 0 Å². The Kier molecular flexibility index (Phi) is 6.04. The molecule has 0 spiro atoms. The predicted molar refractivity (Wildman–Crippen MR) is 69.4 cm³/mol. The van der Waals surface area contributed by atoms with Gasteiger partial charge in [0.15, 0.2) is 0 Å². The standard InChI is InChI=1S/C11H15N3O5S/c1-3-6-9(20-14-13-6)10(16)12-7(11(17)18)4-5-8(15)19-2/h7H,3-5H2,1-2H3,(H,12,16)(H,17,18)/t7-/m1/s1. The van der Waals surface area contributed by atoms with Gasteiger partial charge in [0.25, 0.3) is 5.91 Å². The molecule has 1 atom stereocenters. The van der Waals surface area contributed by atoms with Crippen LogP contribution < -0.4 is 5.32 Å². The zero-order chi connectivity index (χ0) is 15.1. The van der Waals surface area contributed by atoms with Crippen molar-refractivity contribution in [1.82, 2.24) is 14.9 Å². The first-order valence-electron chi connectivity index (χ1n) is 5.91. The summed E-state index contributed by atoms with van der Waals surface area (Å²) in [5.41, 5.74) is 0.518. The first-order chi connectivity index (χ1) is 9.49. The van der Waals surface area contributed by atoms with Crippen LogP contribution in [0.4, 0.5) is 0 Å². The Morgan fingerprint density at radius 2 is 2.15 bits per heavy atom. The molecule has 0 saturated carbocycles. The summed E-state index contributed by atoms with van der Waals surface area (Å²) in [5, 5.41) is 15.2. The molecule has 1 amide bonds. The number of aromatic nitrogens is 2. The van der Waals surface area contributed by atoms with E-state index in [1.54, 1.807) is 0 Å². The minimum atomic E-state index is -1.21. The molecule has 1 aromatic heterocycles. The zero-order valence-electron chi connectivity index (χ0n) is 11.1.